The molecule has 0 unspecified atom stereocenters. The Morgan fingerprint density at radius 2 is 1.20 bits per heavy atom. The molecular formula is C46H30BN3O. The topological polar surface area (TPSA) is 38.2 Å². The molecule has 2 aliphatic rings. The normalized spacial score (nSPS) is 12.4. The van der Waals surface area contributed by atoms with Crippen molar-refractivity contribution in [2.24, 2.45) is 0 Å². The van der Waals surface area contributed by atoms with Crippen LogP contribution in [-0.2, 0) is 0 Å². The van der Waals surface area contributed by atoms with Crippen LogP contribution in [0.2, 0.25) is 0 Å². The van der Waals surface area contributed by atoms with E-state index in [4.69, 9.17) is 14.7 Å². The smallest absolute Gasteiger partial charge is 0.256 e. The van der Waals surface area contributed by atoms with Gasteiger partial charge in [0.1, 0.15) is 11.5 Å². The minimum atomic E-state index is -0.0458. The van der Waals surface area contributed by atoms with Crippen molar-refractivity contribution in [3.63, 3.8) is 0 Å². The van der Waals surface area contributed by atoms with Crippen molar-refractivity contribution in [2.75, 3.05) is 4.90 Å². The Bertz CT molecular complexity index is 2570. The van der Waals surface area contributed by atoms with Gasteiger partial charge in [-0.05, 0) is 70.0 Å². The molecule has 0 saturated heterocycles. The number of anilines is 3. The summed E-state index contributed by atoms with van der Waals surface area (Å²) in [6.07, 6.45) is 5.83. The van der Waals surface area contributed by atoms with E-state index < -0.39 is 0 Å². The molecule has 4 nitrogen and oxygen atoms in total. The van der Waals surface area contributed by atoms with Crippen LogP contribution in [-0.4, -0.2) is 16.7 Å². The number of benzene rings is 6. The van der Waals surface area contributed by atoms with Gasteiger partial charge in [-0.15, -0.1) is 0 Å². The number of para-hydroxylation sites is 3. The lowest BCUT2D eigenvalue weighted by Crippen LogP contribution is -2.59. The molecule has 6 aromatic carbocycles. The zero-order valence-corrected chi connectivity index (χ0v) is 27.6. The number of aromatic nitrogens is 2. The highest BCUT2D eigenvalue weighted by Gasteiger charge is 2.43. The maximum absolute atomic E-state index is 6.98. The molecule has 0 aliphatic carbocycles. The van der Waals surface area contributed by atoms with Crippen molar-refractivity contribution >= 4 is 40.2 Å². The molecule has 2 aliphatic heterocycles. The molecular weight excluding hydrogens is 621 g/mol. The van der Waals surface area contributed by atoms with Crippen molar-refractivity contribution in [3.05, 3.63) is 182 Å². The Kier molecular flexibility index (Phi) is 6.88. The summed E-state index contributed by atoms with van der Waals surface area (Å²) in [5.41, 5.74) is 15.5. The standard InChI is InChI=1S/C46H30BN3O/c1-4-13-31(14-5-1)34-27-35(30-48-29-34)37-19-10-21-39-45(37)50(36-17-8-3-9-18-36)42-23-12-24-43-44(42)47(39)40-22-11-20-38(46(40)51-43)33-25-26-49-41(28-33)32-15-6-2-7-16-32/h1-30H. The van der Waals surface area contributed by atoms with Crippen LogP contribution in [0.5, 0.6) is 11.5 Å². The summed E-state index contributed by atoms with van der Waals surface area (Å²) in [4.78, 5) is 11.9. The Balaban J connectivity index is 1.20. The van der Waals surface area contributed by atoms with Crippen molar-refractivity contribution < 1.29 is 4.74 Å². The SMILES string of the molecule is c1ccc(-c2cncc(-c3cccc4c3N(c3ccccc3)c3cccc5c3B4c3cccc(-c4ccnc(-c6ccccc6)c4)c3O5)c2)cc1. The van der Waals surface area contributed by atoms with Gasteiger partial charge in [-0.25, -0.2) is 0 Å². The Morgan fingerprint density at radius 3 is 2.00 bits per heavy atom. The van der Waals surface area contributed by atoms with E-state index in [0.717, 1.165) is 78.7 Å². The number of hydrogen-bond acceptors (Lipinski definition) is 4. The molecule has 51 heavy (non-hydrogen) atoms. The van der Waals surface area contributed by atoms with Gasteiger partial charge in [0, 0.05) is 63.5 Å². The predicted molar refractivity (Wildman–Crippen MR) is 210 cm³/mol. The molecule has 0 bridgehead atoms. The number of nitrogens with zero attached hydrogens (tertiary/aromatic N) is 3. The first-order valence-corrected chi connectivity index (χ1v) is 17.3. The lowest BCUT2D eigenvalue weighted by Gasteiger charge is -2.41. The molecule has 238 valence electrons. The first kappa shape index (κ1) is 29.2. The fraction of sp³-hybridized carbons (Fsp3) is 0. The molecule has 2 aromatic heterocycles. The lowest BCUT2D eigenvalue weighted by molar-refractivity contribution is 0.489. The minimum Gasteiger partial charge on any atom is -0.458 e. The maximum Gasteiger partial charge on any atom is 0.256 e. The molecule has 4 heterocycles. The zero-order chi connectivity index (χ0) is 33.7. The van der Waals surface area contributed by atoms with Crippen LogP contribution >= 0.6 is 0 Å². The number of fused-ring (bicyclic) bond motifs is 4. The van der Waals surface area contributed by atoms with Crippen LogP contribution in [0, 0.1) is 0 Å². The Morgan fingerprint density at radius 1 is 0.510 bits per heavy atom. The average molecular weight is 652 g/mol. The first-order valence-electron chi connectivity index (χ1n) is 17.3. The molecule has 8 aromatic rings. The summed E-state index contributed by atoms with van der Waals surface area (Å²) in [5.74, 6) is 1.76. The minimum absolute atomic E-state index is 0.0458. The fourth-order valence-corrected chi connectivity index (χ4v) is 7.80. The number of pyridine rings is 2. The van der Waals surface area contributed by atoms with Crippen molar-refractivity contribution in [1.29, 1.82) is 0 Å². The molecule has 0 amide bonds. The molecule has 0 radical (unpaired) electrons. The molecule has 10 rings (SSSR count). The second-order valence-corrected chi connectivity index (χ2v) is 13.0. The van der Waals surface area contributed by atoms with E-state index in [0.29, 0.717) is 0 Å². The number of rotatable bonds is 5. The maximum atomic E-state index is 6.98. The van der Waals surface area contributed by atoms with Gasteiger partial charge in [-0.3, -0.25) is 9.97 Å². The van der Waals surface area contributed by atoms with Gasteiger partial charge < -0.3 is 9.64 Å². The van der Waals surface area contributed by atoms with Gasteiger partial charge in [-0.2, -0.15) is 0 Å². The fourth-order valence-electron chi connectivity index (χ4n) is 7.80. The summed E-state index contributed by atoms with van der Waals surface area (Å²) < 4.78 is 6.98. The molecule has 0 saturated carbocycles. The molecule has 0 N–H and O–H groups in total. The third-order valence-electron chi connectivity index (χ3n) is 10.1. The lowest BCUT2D eigenvalue weighted by atomic mass is 9.34. The first-order chi connectivity index (χ1) is 25.3. The molecule has 5 heteroatoms. The van der Waals surface area contributed by atoms with Gasteiger partial charge in [0.25, 0.3) is 6.71 Å². The van der Waals surface area contributed by atoms with E-state index >= 15 is 0 Å². The van der Waals surface area contributed by atoms with E-state index in [-0.39, 0.29) is 6.71 Å². The van der Waals surface area contributed by atoms with E-state index in [2.05, 4.69) is 144 Å². The number of hydrogen-bond donors (Lipinski definition) is 0. The quantitative estimate of drug-likeness (QED) is 0.174. The Hall–Kier alpha value is -6.72. The van der Waals surface area contributed by atoms with Crippen molar-refractivity contribution in [1.82, 2.24) is 9.97 Å². The second kappa shape index (κ2) is 12.0. The van der Waals surface area contributed by atoms with E-state index in [1.165, 1.54) is 10.9 Å². The summed E-state index contributed by atoms with van der Waals surface area (Å²) >= 11 is 0. The third kappa shape index (κ3) is 4.85. The van der Waals surface area contributed by atoms with Crippen LogP contribution in [0.25, 0.3) is 44.6 Å². The highest BCUT2D eigenvalue weighted by molar-refractivity contribution is 6.99. The van der Waals surface area contributed by atoms with Crippen LogP contribution in [0.1, 0.15) is 0 Å². The van der Waals surface area contributed by atoms with Gasteiger partial charge in [0.05, 0.1) is 5.69 Å². The Labute approximate surface area is 297 Å². The molecule has 0 atom stereocenters. The highest BCUT2D eigenvalue weighted by atomic mass is 16.5. The summed E-state index contributed by atoms with van der Waals surface area (Å²) in [5, 5.41) is 0. The van der Waals surface area contributed by atoms with Gasteiger partial charge in [0.2, 0.25) is 0 Å². The van der Waals surface area contributed by atoms with Gasteiger partial charge in [0.15, 0.2) is 0 Å². The zero-order valence-electron chi connectivity index (χ0n) is 27.6. The largest absolute Gasteiger partial charge is 0.458 e. The summed E-state index contributed by atoms with van der Waals surface area (Å²) in [6, 6.07) is 57.6. The van der Waals surface area contributed by atoms with Crippen LogP contribution in [0.4, 0.5) is 17.1 Å². The van der Waals surface area contributed by atoms with Gasteiger partial charge in [-0.1, -0.05) is 121 Å². The van der Waals surface area contributed by atoms with Crippen LogP contribution < -0.4 is 26.0 Å². The third-order valence-corrected chi connectivity index (χ3v) is 10.1. The molecule has 0 spiro atoms. The van der Waals surface area contributed by atoms with Crippen LogP contribution in [0.15, 0.2) is 182 Å². The molecule has 0 fully saturated rings. The predicted octanol–water partition coefficient (Wildman–Crippen LogP) is 9.55. The summed E-state index contributed by atoms with van der Waals surface area (Å²) in [7, 11) is 0. The van der Waals surface area contributed by atoms with E-state index in [9.17, 15) is 0 Å². The van der Waals surface area contributed by atoms with Gasteiger partial charge >= 0.3 is 0 Å². The summed E-state index contributed by atoms with van der Waals surface area (Å²) in [6.45, 7) is -0.0458. The number of ether oxygens (including phenoxy) is 1. The van der Waals surface area contributed by atoms with Crippen molar-refractivity contribution in [2.45, 2.75) is 0 Å². The van der Waals surface area contributed by atoms with Crippen molar-refractivity contribution in [3.8, 4) is 56.1 Å². The van der Waals surface area contributed by atoms with Crippen LogP contribution in [0.3, 0.4) is 0 Å². The average Bonchev–Trinajstić information content (AvgIpc) is 3.21. The van der Waals surface area contributed by atoms with E-state index in [1.54, 1.807) is 0 Å². The second-order valence-electron chi connectivity index (χ2n) is 13.0. The monoisotopic (exact) mass is 651 g/mol. The van der Waals surface area contributed by atoms with E-state index in [1.807, 2.05) is 42.9 Å². The highest BCUT2D eigenvalue weighted by Crippen LogP contribution is 2.46.